The highest BCUT2D eigenvalue weighted by Gasteiger charge is 2.12. The Morgan fingerprint density at radius 3 is 2.62 bits per heavy atom. The second kappa shape index (κ2) is 8.20. The van der Waals surface area contributed by atoms with Gasteiger partial charge in [-0.15, -0.1) is 11.3 Å². The number of para-hydroxylation sites is 1. The molecule has 21 heavy (non-hydrogen) atoms. The van der Waals surface area contributed by atoms with E-state index in [-0.39, 0.29) is 6.10 Å². The Hall–Kier alpha value is -1.32. The third-order valence-electron chi connectivity index (χ3n) is 3.34. The Morgan fingerprint density at radius 1 is 1.14 bits per heavy atom. The van der Waals surface area contributed by atoms with Gasteiger partial charge in [0.2, 0.25) is 0 Å². The number of benzene rings is 1. The van der Waals surface area contributed by atoms with E-state index in [1.807, 2.05) is 17.4 Å². The maximum atomic E-state index is 5.89. The van der Waals surface area contributed by atoms with Crippen molar-refractivity contribution in [3.8, 4) is 5.75 Å². The van der Waals surface area contributed by atoms with E-state index in [0.29, 0.717) is 6.04 Å². The molecule has 1 heterocycles. The maximum absolute atomic E-state index is 5.89. The van der Waals surface area contributed by atoms with Gasteiger partial charge in [-0.2, -0.15) is 0 Å². The SMILES string of the molecule is CCCC(NCc1ccccc1OC(C)C)c1cccs1. The van der Waals surface area contributed by atoms with Crippen LogP contribution in [-0.4, -0.2) is 6.10 Å². The molecule has 0 aliphatic rings. The van der Waals surface area contributed by atoms with Crippen LogP contribution < -0.4 is 10.1 Å². The summed E-state index contributed by atoms with van der Waals surface area (Å²) < 4.78 is 5.89. The highest BCUT2D eigenvalue weighted by Crippen LogP contribution is 2.25. The molecule has 3 heteroatoms. The van der Waals surface area contributed by atoms with Crippen molar-refractivity contribution in [3.05, 3.63) is 52.2 Å². The first-order chi connectivity index (χ1) is 10.2. The van der Waals surface area contributed by atoms with Gasteiger partial charge in [-0.3, -0.25) is 0 Å². The number of hydrogen-bond donors (Lipinski definition) is 1. The second-order valence-corrected chi connectivity index (χ2v) is 6.49. The van der Waals surface area contributed by atoms with Crippen LogP contribution in [0.5, 0.6) is 5.75 Å². The molecular formula is C18H25NOS. The van der Waals surface area contributed by atoms with Gasteiger partial charge in [-0.05, 0) is 37.8 Å². The van der Waals surface area contributed by atoms with Crippen LogP contribution in [0, 0.1) is 0 Å². The summed E-state index contributed by atoms with van der Waals surface area (Å²) in [6, 6.07) is 13.1. The minimum absolute atomic E-state index is 0.204. The van der Waals surface area contributed by atoms with E-state index in [2.05, 4.69) is 61.8 Å². The molecule has 2 aromatic rings. The quantitative estimate of drug-likeness (QED) is 0.726. The van der Waals surface area contributed by atoms with Gasteiger partial charge in [-0.25, -0.2) is 0 Å². The van der Waals surface area contributed by atoms with Gasteiger partial charge in [0.15, 0.2) is 0 Å². The normalized spacial score (nSPS) is 12.6. The lowest BCUT2D eigenvalue weighted by Gasteiger charge is -2.19. The van der Waals surface area contributed by atoms with E-state index < -0.39 is 0 Å². The molecule has 114 valence electrons. The van der Waals surface area contributed by atoms with Crippen molar-refractivity contribution < 1.29 is 4.74 Å². The molecule has 0 aliphatic carbocycles. The van der Waals surface area contributed by atoms with Crippen LogP contribution in [0.15, 0.2) is 41.8 Å². The fraction of sp³-hybridized carbons (Fsp3) is 0.444. The average Bonchev–Trinajstić information content (AvgIpc) is 2.98. The van der Waals surface area contributed by atoms with Crippen LogP contribution in [0.2, 0.25) is 0 Å². The zero-order valence-corrected chi connectivity index (χ0v) is 14.0. The van der Waals surface area contributed by atoms with E-state index in [0.717, 1.165) is 18.7 Å². The Bertz CT molecular complexity index is 522. The minimum Gasteiger partial charge on any atom is -0.491 e. The van der Waals surface area contributed by atoms with Gasteiger partial charge >= 0.3 is 0 Å². The number of hydrogen-bond acceptors (Lipinski definition) is 3. The largest absolute Gasteiger partial charge is 0.491 e. The van der Waals surface area contributed by atoms with E-state index in [1.165, 1.54) is 16.9 Å². The average molecular weight is 303 g/mol. The summed E-state index contributed by atoms with van der Waals surface area (Å²) in [7, 11) is 0. The Kier molecular flexibility index (Phi) is 6.27. The lowest BCUT2D eigenvalue weighted by molar-refractivity contribution is 0.239. The first-order valence-electron chi connectivity index (χ1n) is 7.72. The minimum atomic E-state index is 0.204. The lowest BCUT2D eigenvalue weighted by atomic mass is 10.1. The van der Waals surface area contributed by atoms with E-state index in [4.69, 9.17) is 4.74 Å². The molecule has 0 amide bonds. The van der Waals surface area contributed by atoms with Crippen molar-refractivity contribution in [2.45, 2.75) is 52.3 Å². The molecule has 0 bridgehead atoms. The summed E-state index contributed by atoms with van der Waals surface area (Å²) in [5, 5.41) is 5.83. The predicted octanol–water partition coefficient (Wildman–Crippen LogP) is 5.17. The highest BCUT2D eigenvalue weighted by molar-refractivity contribution is 7.10. The number of nitrogens with one attached hydrogen (secondary N) is 1. The smallest absolute Gasteiger partial charge is 0.124 e. The third-order valence-corrected chi connectivity index (χ3v) is 4.32. The van der Waals surface area contributed by atoms with Gasteiger partial charge in [0.25, 0.3) is 0 Å². The Labute approximate surface area is 132 Å². The number of thiophene rings is 1. The fourth-order valence-corrected chi connectivity index (χ4v) is 3.21. The molecule has 2 nitrogen and oxygen atoms in total. The predicted molar refractivity (Wildman–Crippen MR) is 91.0 cm³/mol. The molecule has 1 unspecified atom stereocenters. The summed E-state index contributed by atoms with van der Waals surface area (Å²) in [5.41, 5.74) is 1.23. The van der Waals surface area contributed by atoms with E-state index in [9.17, 15) is 0 Å². The summed E-state index contributed by atoms with van der Waals surface area (Å²) in [6.07, 6.45) is 2.54. The summed E-state index contributed by atoms with van der Waals surface area (Å²) in [5.74, 6) is 0.987. The first-order valence-corrected chi connectivity index (χ1v) is 8.60. The standard InChI is InChI=1S/C18H25NOS/c1-4-8-16(18-11-7-12-21-18)19-13-15-9-5-6-10-17(15)20-14(2)3/h5-7,9-12,14,16,19H,4,8,13H2,1-3H3. The molecular weight excluding hydrogens is 278 g/mol. The van der Waals surface area contributed by atoms with Crippen LogP contribution in [-0.2, 0) is 6.54 Å². The molecule has 0 saturated carbocycles. The lowest BCUT2D eigenvalue weighted by Crippen LogP contribution is -2.20. The molecule has 1 aromatic heterocycles. The van der Waals surface area contributed by atoms with E-state index in [1.54, 1.807) is 0 Å². The molecule has 1 atom stereocenters. The van der Waals surface area contributed by atoms with E-state index >= 15 is 0 Å². The maximum Gasteiger partial charge on any atom is 0.124 e. The molecule has 1 N–H and O–H groups in total. The molecule has 0 radical (unpaired) electrons. The summed E-state index contributed by atoms with van der Waals surface area (Å²) in [6.45, 7) is 7.20. The second-order valence-electron chi connectivity index (χ2n) is 5.51. The fourth-order valence-electron chi connectivity index (χ4n) is 2.38. The van der Waals surface area contributed by atoms with Crippen LogP contribution in [0.4, 0.5) is 0 Å². The highest BCUT2D eigenvalue weighted by atomic mass is 32.1. The van der Waals surface area contributed by atoms with Crippen LogP contribution in [0.25, 0.3) is 0 Å². The molecule has 2 rings (SSSR count). The monoisotopic (exact) mass is 303 g/mol. The molecule has 0 aliphatic heterocycles. The van der Waals surface area contributed by atoms with Gasteiger partial charge in [0, 0.05) is 23.0 Å². The number of ether oxygens (including phenoxy) is 1. The molecule has 1 aromatic carbocycles. The van der Waals surface area contributed by atoms with Crippen molar-refractivity contribution in [3.63, 3.8) is 0 Å². The van der Waals surface area contributed by atoms with Gasteiger partial charge < -0.3 is 10.1 Å². The van der Waals surface area contributed by atoms with Crippen molar-refractivity contribution in [2.75, 3.05) is 0 Å². The Morgan fingerprint density at radius 2 is 1.95 bits per heavy atom. The van der Waals surface area contributed by atoms with Crippen LogP contribution in [0.3, 0.4) is 0 Å². The number of rotatable bonds is 8. The summed E-state index contributed by atoms with van der Waals surface area (Å²) in [4.78, 5) is 1.42. The van der Waals surface area contributed by atoms with Crippen LogP contribution in [0.1, 0.15) is 50.1 Å². The van der Waals surface area contributed by atoms with Crippen molar-refractivity contribution >= 4 is 11.3 Å². The molecule has 0 spiro atoms. The van der Waals surface area contributed by atoms with Crippen molar-refractivity contribution in [1.82, 2.24) is 5.32 Å². The van der Waals surface area contributed by atoms with Gasteiger partial charge in [-0.1, -0.05) is 37.6 Å². The third kappa shape index (κ3) is 4.87. The summed E-state index contributed by atoms with van der Waals surface area (Å²) >= 11 is 1.83. The first kappa shape index (κ1) is 16.1. The van der Waals surface area contributed by atoms with Gasteiger partial charge in [0.1, 0.15) is 5.75 Å². The molecule has 0 saturated heterocycles. The zero-order chi connectivity index (χ0) is 15.1. The topological polar surface area (TPSA) is 21.3 Å². The zero-order valence-electron chi connectivity index (χ0n) is 13.1. The van der Waals surface area contributed by atoms with Crippen LogP contribution >= 0.6 is 11.3 Å². The van der Waals surface area contributed by atoms with Crippen molar-refractivity contribution in [2.24, 2.45) is 0 Å². The molecule has 0 fully saturated rings. The van der Waals surface area contributed by atoms with Crippen molar-refractivity contribution in [1.29, 1.82) is 0 Å². The van der Waals surface area contributed by atoms with Gasteiger partial charge in [0.05, 0.1) is 6.10 Å². The Balaban J connectivity index is 2.04.